The van der Waals surface area contributed by atoms with Crippen LogP contribution in [0.2, 0.25) is 0 Å². The first-order chi connectivity index (χ1) is 18.0. The number of hydrogen-bond donors (Lipinski definition) is 3. The minimum Gasteiger partial charge on any atom is -0.497 e. The van der Waals surface area contributed by atoms with E-state index in [0.29, 0.717) is 34.2 Å². The minimum absolute atomic E-state index is 0.136. The number of carbonyl (C=O) groups excluding carboxylic acids is 3. The Labute approximate surface area is 212 Å². The van der Waals surface area contributed by atoms with Gasteiger partial charge in [0.05, 0.1) is 13.3 Å². The molecule has 3 aromatic rings. The highest BCUT2D eigenvalue weighted by molar-refractivity contribution is 6.35. The van der Waals surface area contributed by atoms with Crippen LogP contribution < -0.4 is 35.0 Å². The van der Waals surface area contributed by atoms with Crippen LogP contribution in [0, 0.1) is 0 Å². The first-order valence-corrected chi connectivity index (χ1v) is 11.2. The molecule has 11 heteroatoms. The summed E-state index contributed by atoms with van der Waals surface area (Å²) >= 11 is 0. The van der Waals surface area contributed by atoms with E-state index in [2.05, 4.69) is 21.2 Å². The van der Waals surface area contributed by atoms with E-state index >= 15 is 0 Å². The molecule has 0 spiro atoms. The van der Waals surface area contributed by atoms with Gasteiger partial charge in [-0.05, 0) is 47.5 Å². The zero-order chi connectivity index (χ0) is 26.0. The van der Waals surface area contributed by atoms with Crippen molar-refractivity contribution in [3.63, 3.8) is 0 Å². The average molecular weight is 504 g/mol. The predicted octanol–water partition coefficient (Wildman–Crippen LogP) is 2.21. The number of ether oxygens (including phenoxy) is 4. The summed E-state index contributed by atoms with van der Waals surface area (Å²) in [5, 5.41) is 9.04. The second kappa shape index (κ2) is 12.1. The molecule has 0 radical (unpaired) electrons. The summed E-state index contributed by atoms with van der Waals surface area (Å²) in [6.45, 7) is 0.0790. The van der Waals surface area contributed by atoms with E-state index < -0.39 is 11.8 Å². The van der Waals surface area contributed by atoms with Crippen LogP contribution >= 0.6 is 0 Å². The van der Waals surface area contributed by atoms with Crippen molar-refractivity contribution in [2.75, 3.05) is 25.8 Å². The van der Waals surface area contributed by atoms with Crippen molar-refractivity contribution in [1.82, 2.24) is 10.7 Å². The van der Waals surface area contributed by atoms with Gasteiger partial charge in [-0.2, -0.15) is 5.10 Å². The Hall–Kier alpha value is -5.06. The fourth-order valence-electron chi connectivity index (χ4n) is 3.26. The van der Waals surface area contributed by atoms with Gasteiger partial charge in [0.25, 0.3) is 5.91 Å². The van der Waals surface area contributed by atoms with Crippen LogP contribution in [0.3, 0.4) is 0 Å². The third kappa shape index (κ3) is 7.21. The van der Waals surface area contributed by atoms with Crippen molar-refractivity contribution < 1.29 is 33.3 Å². The first kappa shape index (κ1) is 25.0. The Morgan fingerprint density at radius 3 is 2.62 bits per heavy atom. The summed E-state index contributed by atoms with van der Waals surface area (Å²) < 4.78 is 21.2. The lowest BCUT2D eigenvalue weighted by Gasteiger charge is -2.09. The van der Waals surface area contributed by atoms with Crippen LogP contribution in [-0.2, 0) is 20.9 Å². The summed E-state index contributed by atoms with van der Waals surface area (Å²) in [5.41, 5.74) is 4.10. The highest BCUT2D eigenvalue weighted by Crippen LogP contribution is 2.32. The van der Waals surface area contributed by atoms with E-state index in [-0.39, 0.29) is 25.9 Å². The predicted molar refractivity (Wildman–Crippen MR) is 134 cm³/mol. The van der Waals surface area contributed by atoms with Crippen molar-refractivity contribution in [2.24, 2.45) is 5.10 Å². The second-order valence-corrected chi connectivity index (χ2v) is 7.71. The summed E-state index contributed by atoms with van der Waals surface area (Å²) in [5.74, 6) is 0.175. The SMILES string of the molecule is COc1cccc(NC(=O)COc2cccc(/C=N\NC(=O)C(=O)NCc3ccc4c(c3)OCO4)c2)c1. The molecule has 0 fully saturated rings. The van der Waals surface area contributed by atoms with E-state index in [0.717, 1.165) is 5.56 Å². The average Bonchev–Trinajstić information content (AvgIpc) is 3.39. The van der Waals surface area contributed by atoms with E-state index in [1.807, 2.05) is 0 Å². The highest BCUT2D eigenvalue weighted by Gasteiger charge is 2.15. The number of anilines is 1. The molecule has 11 nitrogen and oxygen atoms in total. The van der Waals surface area contributed by atoms with Crippen LogP contribution in [-0.4, -0.2) is 44.4 Å². The molecule has 0 aromatic heterocycles. The number of nitrogens with zero attached hydrogens (tertiary/aromatic N) is 1. The zero-order valence-electron chi connectivity index (χ0n) is 19.9. The molecule has 0 saturated heterocycles. The molecule has 190 valence electrons. The molecular formula is C26H24N4O7. The molecule has 4 rings (SSSR count). The van der Waals surface area contributed by atoms with Gasteiger partial charge in [0.1, 0.15) is 11.5 Å². The monoisotopic (exact) mass is 504 g/mol. The van der Waals surface area contributed by atoms with Gasteiger partial charge in [-0.15, -0.1) is 0 Å². The number of amides is 3. The summed E-state index contributed by atoms with van der Waals surface area (Å²) in [6.07, 6.45) is 1.35. The van der Waals surface area contributed by atoms with Gasteiger partial charge in [0.2, 0.25) is 6.79 Å². The first-order valence-electron chi connectivity index (χ1n) is 11.2. The van der Waals surface area contributed by atoms with Gasteiger partial charge < -0.3 is 29.6 Å². The quantitative estimate of drug-likeness (QED) is 0.231. The number of benzene rings is 3. The number of methoxy groups -OCH3 is 1. The molecule has 0 bridgehead atoms. The molecule has 3 N–H and O–H groups in total. The maximum atomic E-state index is 12.2. The molecule has 1 aliphatic heterocycles. The Morgan fingerprint density at radius 1 is 0.946 bits per heavy atom. The molecule has 0 unspecified atom stereocenters. The van der Waals surface area contributed by atoms with Gasteiger partial charge in [-0.3, -0.25) is 14.4 Å². The number of rotatable bonds is 9. The molecule has 3 amide bonds. The van der Waals surface area contributed by atoms with Gasteiger partial charge in [-0.1, -0.05) is 24.3 Å². The van der Waals surface area contributed by atoms with Gasteiger partial charge in [0.15, 0.2) is 18.1 Å². The number of carbonyl (C=O) groups is 3. The molecule has 37 heavy (non-hydrogen) atoms. The molecule has 3 aromatic carbocycles. The third-order valence-electron chi connectivity index (χ3n) is 5.06. The van der Waals surface area contributed by atoms with Crippen molar-refractivity contribution in [1.29, 1.82) is 0 Å². The van der Waals surface area contributed by atoms with Gasteiger partial charge in [-0.25, -0.2) is 5.43 Å². The summed E-state index contributed by atoms with van der Waals surface area (Å²) in [6, 6.07) is 18.9. The Kier molecular flexibility index (Phi) is 8.17. The van der Waals surface area contributed by atoms with Gasteiger partial charge >= 0.3 is 11.8 Å². The van der Waals surface area contributed by atoms with Crippen molar-refractivity contribution in [3.8, 4) is 23.0 Å². The zero-order valence-corrected chi connectivity index (χ0v) is 19.9. The van der Waals surface area contributed by atoms with E-state index in [9.17, 15) is 14.4 Å². The van der Waals surface area contributed by atoms with Crippen molar-refractivity contribution in [3.05, 3.63) is 77.9 Å². The fourth-order valence-corrected chi connectivity index (χ4v) is 3.26. The number of hydrazone groups is 1. The van der Waals surface area contributed by atoms with E-state index in [4.69, 9.17) is 18.9 Å². The lowest BCUT2D eigenvalue weighted by molar-refractivity contribution is -0.139. The maximum Gasteiger partial charge on any atom is 0.329 e. The van der Waals surface area contributed by atoms with Crippen LogP contribution in [0.5, 0.6) is 23.0 Å². The molecule has 0 atom stereocenters. The van der Waals surface area contributed by atoms with Crippen molar-refractivity contribution in [2.45, 2.75) is 6.54 Å². The molecule has 1 aliphatic rings. The minimum atomic E-state index is -0.918. The highest BCUT2D eigenvalue weighted by atomic mass is 16.7. The lowest BCUT2D eigenvalue weighted by Crippen LogP contribution is -2.37. The Morgan fingerprint density at radius 2 is 1.76 bits per heavy atom. The van der Waals surface area contributed by atoms with Gasteiger partial charge in [0, 0.05) is 18.3 Å². The lowest BCUT2D eigenvalue weighted by atomic mass is 10.2. The van der Waals surface area contributed by atoms with Crippen molar-refractivity contribution >= 4 is 29.6 Å². The van der Waals surface area contributed by atoms with E-state index in [1.165, 1.54) is 6.21 Å². The Bertz CT molecular complexity index is 1330. The molecule has 1 heterocycles. The number of nitrogens with one attached hydrogen (secondary N) is 3. The normalized spacial score (nSPS) is 11.6. The maximum absolute atomic E-state index is 12.2. The standard InChI is InChI=1S/C26H24N4O7/c1-34-20-6-3-5-19(12-20)29-24(31)15-35-21-7-2-4-17(10-21)14-28-30-26(33)25(32)27-13-18-8-9-22-23(11-18)37-16-36-22/h2-12,14H,13,15-16H2,1H3,(H,27,32)(H,29,31)(H,30,33)/b28-14-. The third-order valence-corrected chi connectivity index (χ3v) is 5.06. The number of fused-ring (bicyclic) bond motifs is 1. The summed E-state index contributed by atoms with van der Waals surface area (Å²) in [7, 11) is 1.54. The number of hydrogen-bond acceptors (Lipinski definition) is 8. The second-order valence-electron chi connectivity index (χ2n) is 7.71. The fraction of sp³-hybridized carbons (Fsp3) is 0.154. The molecular weight excluding hydrogens is 480 g/mol. The molecule has 0 saturated carbocycles. The largest absolute Gasteiger partial charge is 0.497 e. The van der Waals surface area contributed by atoms with Crippen LogP contribution in [0.4, 0.5) is 5.69 Å². The summed E-state index contributed by atoms with van der Waals surface area (Å²) in [4.78, 5) is 36.2. The molecule has 0 aliphatic carbocycles. The Balaban J connectivity index is 1.21. The van der Waals surface area contributed by atoms with E-state index in [1.54, 1.807) is 73.8 Å². The van der Waals surface area contributed by atoms with Crippen LogP contribution in [0.1, 0.15) is 11.1 Å². The smallest absolute Gasteiger partial charge is 0.329 e. The topological polar surface area (TPSA) is 137 Å². The van der Waals surface area contributed by atoms with Crippen LogP contribution in [0.25, 0.3) is 0 Å². The van der Waals surface area contributed by atoms with Crippen LogP contribution in [0.15, 0.2) is 71.8 Å².